The Morgan fingerprint density at radius 3 is 2.25 bits per heavy atom. The number of alkyl halides is 3. The first kappa shape index (κ1) is 22.1. The van der Waals surface area contributed by atoms with Crippen molar-refractivity contribution in [1.82, 2.24) is 4.98 Å². The largest absolute Gasteiger partial charge is 0.417 e. The molecule has 0 radical (unpaired) electrons. The SMILES string of the molecule is CCCCCCc1ccc(-c2cc(-c3ccc4ccccc4n3)ccc2C(F)(F)F)cc1. The summed E-state index contributed by atoms with van der Waals surface area (Å²) >= 11 is 0. The normalized spacial score (nSPS) is 11.8. The summed E-state index contributed by atoms with van der Waals surface area (Å²) in [7, 11) is 0. The molecule has 0 saturated carbocycles. The van der Waals surface area contributed by atoms with Gasteiger partial charge in [-0.1, -0.05) is 80.8 Å². The van der Waals surface area contributed by atoms with Gasteiger partial charge in [-0.2, -0.15) is 13.2 Å². The van der Waals surface area contributed by atoms with Crippen LogP contribution >= 0.6 is 0 Å². The van der Waals surface area contributed by atoms with Crippen LogP contribution in [0.25, 0.3) is 33.3 Å². The van der Waals surface area contributed by atoms with E-state index in [9.17, 15) is 13.2 Å². The van der Waals surface area contributed by atoms with Crippen LogP contribution < -0.4 is 0 Å². The maximum atomic E-state index is 13.8. The topological polar surface area (TPSA) is 12.9 Å². The van der Waals surface area contributed by atoms with Gasteiger partial charge < -0.3 is 0 Å². The van der Waals surface area contributed by atoms with E-state index in [2.05, 4.69) is 11.9 Å². The van der Waals surface area contributed by atoms with E-state index in [4.69, 9.17) is 0 Å². The molecule has 1 aromatic heterocycles. The number of para-hydroxylation sites is 1. The maximum Gasteiger partial charge on any atom is 0.417 e. The summed E-state index contributed by atoms with van der Waals surface area (Å²) in [5, 5.41) is 0.998. The van der Waals surface area contributed by atoms with E-state index < -0.39 is 11.7 Å². The average molecular weight is 434 g/mol. The molecule has 0 spiro atoms. The fourth-order valence-corrected chi connectivity index (χ4v) is 4.02. The number of aryl methyl sites for hydroxylation is 1. The molecule has 4 aromatic rings. The summed E-state index contributed by atoms with van der Waals surface area (Å²) in [6.45, 7) is 2.18. The van der Waals surface area contributed by atoms with Crippen molar-refractivity contribution in [1.29, 1.82) is 0 Å². The Morgan fingerprint density at radius 2 is 1.50 bits per heavy atom. The molecule has 0 aliphatic heterocycles. The van der Waals surface area contributed by atoms with Crippen molar-refractivity contribution in [3.8, 4) is 22.4 Å². The van der Waals surface area contributed by atoms with Crippen LogP contribution in [0.3, 0.4) is 0 Å². The predicted molar refractivity (Wildman–Crippen MR) is 125 cm³/mol. The Kier molecular flexibility index (Phi) is 6.59. The quantitative estimate of drug-likeness (QED) is 0.266. The molecule has 4 rings (SSSR count). The molecule has 0 saturated heterocycles. The number of hydrogen-bond donors (Lipinski definition) is 0. The van der Waals surface area contributed by atoms with E-state index in [1.54, 1.807) is 18.2 Å². The number of rotatable bonds is 7. The number of unbranched alkanes of at least 4 members (excludes halogenated alkanes) is 3. The van der Waals surface area contributed by atoms with Crippen molar-refractivity contribution in [2.75, 3.05) is 0 Å². The summed E-state index contributed by atoms with van der Waals surface area (Å²) in [6, 6.07) is 23.3. The number of halogens is 3. The summed E-state index contributed by atoms with van der Waals surface area (Å²) in [4.78, 5) is 4.65. The van der Waals surface area contributed by atoms with Gasteiger partial charge in [0.25, 0.3) is 0 Å². The zero-order valence-electron chi connectivity index (χ0n) is 18.1. The molecule has 0 aliphatic rings. The van der Waals surface area contributed by atoms with Gasteiger partial charge in [0.05, 0.1) is 16.8 Å². The monoisotopic (exact) mass is 433 g/mol. The lowest BCUT2D eigenvalue weighted by Crippen LogP contribution is -2.07. The number of nitrogens with zero attached hydrogens (tertiary/aromatic N) is 1. The second-order valence-electron chi connectivity index (χ2n) is 8.15. The highest BCUT2D eigenvalue weighted by atomic mass is 19.4. The molecule has 0 N–H and O–H groups in total. The van der Waals surface area contributed by atoms with Gasteiger partial charge in [0.2, 0.25) is 0 Å². The van der Waals surface area contributed by atoms with Crippen LogP contribution in [0.2, 0.25) is 0 Å². The molecule has 0 atom stereocenters. The molecule has 0 bridgehead atoms. The van der Waals surface area contributed by atoms with Crippen molar-refractivity contribution in [2.45, 2.75) is 45.2 Å². The third-order valence-corrected chi connectivity index (χ3v) is 5.80. The Balaban J connectivity index is 1.69. The maximum absolute atomic E-state index is 13.8. The Morgan fingerprint density at radius 1 is 0.750 bits per heavy atom. The van der Waals surface area contributed by atoms with Gasteiger partial charge in [-0.25, -0.2) is 4.98 Å². The van der Waals surface area contributed by atoms with Crippen molar-refractivity contribution in [2.24, 2.45) is 0 Å². The molecule has 1 nitrogen and oxygen atoms in total. The lowest BCUT2D eigenvalue weighted by molar-refractivity contribution is -0.137. The minimum atomic E-state index is -4.43. The van der Waals surface area contributed by atoms with Gasteiger partial charge in [0.15, 0.2) is 0 Å². The molecule has 1 heterocycles. The van der Waals surface area contributed by atoms with Crippen molar-refractivity contribution < 1.29 is 13.2 Å². The summed E-state index contributed by atoms with van der Waals surface area (Å²) in [6.07, 6.45) is 1.20. The number of fused-ring (bicyclic) bond motifs is 1. The number of hydrogen-bond acceptors (Lipinski definition) is 1. The van der Waals surface area contributed by atoms with Crippen LogP contribution in [0.1, 0.15) is 43.7 Å². The molecular weight excluding hydrogens is 407 g/mol. The predicted octanol–water partition coefficient (Wildman–Crippen LogP) is 8.71. The first-order chi connectivity index (χ1) is 15.5. The number of benzene rings is 3. The average Bonchev–Trinajstić information content (AvgIpc) is 2.81. The van der Waals surface area contributed by atoms with Gasteiger partial charge in [0.1, 0.15) is 0 Å². The van der Waals surface area contributed by atoms with Gasteiger partial charge in [0, 0.05) is 10.9 Å². The van der Waals surface area contributed by atoms with Crippen LogP contribution in [0.5, 0.6) is 0 Å². The van der Waals surface area contributed by atoms with E-state index in [0.717, 1.165) is 29.3 Å². The van der Waals surface area contributed by atoms with Crippen molar-refractivity contribution >= 4 is 10.9 Å². The molecule has 3 aromatic carbocycles. The minimum Gasteiger partial charge on any atom is -0.248 e. The zero-order chi connectivity index (χ0) is 22.6. The summed E-state index contributed by atoms with van der Waals surface area (Å²) in [5.74, 6) is 0. The number of pyridine rings is 1. The van der Waals surface area contributed by atoms with E-state index in [1.807, 2.05) is 48.5 Å². The smallest absolute Gasteiger partial charge is 0.248 e. The highest BCUT2D eigenvalue weighted by Crippen LogP contribution is 2.39. The van der Waals surface area contributed by atoms with Gasteiger partial charge in [-0.15, -0.1) is 0 Å². The Hall–Kier alpha value is -3.14. The summed E-state index contributed by atoms with van der Waals surface area (Å²) in [5.41, 5.74) is 3.43. The summed E-state index contributed by atoms with van der Waals surface area (Å²) < 4.78 is 41.3. The molecule has 4 heteroatoms. The van der Waals surface area contributed by atoms with E-state index >= 15 is 0 Å². The molecular formula is C28H26F3N. The molecule has 164 valence electrons. The zero-order valence-corrected chi connectivity index (χ0v) is 18.1. The second kappa shape index (κ2) is 9.56. The third-order valence-electron chi connectivity index (χ3n) is 5.80. The van der Waals surface area contributed by atoms with Crippen LogP contribution in [0.15, 0.2) is 78.9 Å². The van der Waals surface area contributed by atoms with Crippen LogP contribution in [-0.4, -0.2) is 4.98 Å². The van der Waals surface area contributed by atoms with E-state index in [0.29, 0.717) is 16.8 Å². The Bertz CT molecular complexity index is 1190. The molecule has 0 fully saturated rings. The molecule has 0 aliphatic carbocycles. The van der Waals surface area contributed by atoms with Gasteiger partial charge in [-0.05, 0) is 53.8 Å². The van der Waals surface area contributed by atoms with E-state index in [1.165, 1.54) is 31.4 Å². The highest BCUT2D eigenvalue weighted by molar-refractivity contribution is 5.82. The third kappa shape index (κ3) is 5.01. The Labute approximate surface area is 186 Å². The van der Waals surface area contributed by atoms with Gasteiger partial charge >= 0.3 is 6.18 Å². The van der Waals surface area contributed by atoms with Crippen LogP contribution in [0.4, 0.5) is 13.2 Å². The van der Waals surface area contributed by atoms with E-state index in [-0.39, 0.29) is 5.56 Å². The van der Waals surface area contributed by atoms with Gasteiger partial charge in [-0.3, -0.25) is 0 Å². The second-order valence-corrected chi connectivity index (χ2v) is 8.15. The lowest BCUT2D eigenvalue weighted by Gasteiger charge is -2.15. The number of aromatic nitrogens is 1. The lowest BCUT2D eigenvalue weighted by atomic mass is 9.94. The highest BCUT2D eigenvalue weighted by Gasteiger charge is 2.33. The fourth-order valence-electron chi connectivity index (χ4n) is 4.02. The fraction of sp³-hybridized carbons (Fsp3) is 0.250. The first-order valence-electron chi connectivity index (χ1n) is 11.1. The van der Waals surface area contributed by atoms with Crippen LogP contribution in [-0.2, 0) is 12.6 Å². The molecule has 0 unspecified atom stereocenters. The molecule has 32 heavy (non-hydrogen) atoms. The van der Waals surface area contributed by atoms with Crippen molar-refractivity contribution in [3.05, 3.63) is 90.0 Å². The minimum absolute atomic E-state index is 0.183. The first-order valence-corrected chi connectivity index (χ1v) is 11.1. The van der Waals surface area contributed by atoms with Crippen molar-refractivity contribution in [3.63, 3.8) is 0 Å². The standard InChI is InChI=1S/C28H26F3N/c1-2-3-4-5-8-20-11-13-21(14-12-20)24-19-23(15-17-25(24)28(29,30)31)27-18-16-22-9-6-7-10-26(22)32-27/h6-7,9-19H,2-5,8H2,1H3. The van der Waals surface area contributed by atoms with Crippen LogP contribution in [0, 0.1) is 0 Å². The molecule has 0 amide bonds.